The molecule has 3 aliphatic heterocycles. The van der Waals surface area contributed by atoms with Gasteiger partial charge in [0.15, 0.2) is 0 Å². The Morgan fingerprint density at radius 3 is 2.42 bits per heavy atom. The molecule has 3 aromatic rings. The van der Waals surface area contributed by atoms with E-state index in [1.807, 2.05) is 43.7 Å². The number of amides is 2. The fourth-order valence-electron chi connectivity index (χ4n) is 7.10. The summed E-state index contributed by atoms with van der Waals surface area (Å²) in [4.78, 5) is 32.0. The van der Waals surface area contributed by atoms with Gasteiger partial charge < -0.3 is 23.8 Å². The zero-order valence-electron chi connectivity index (χ0n) is 28.5. The lowest BCUT2D eigenvalue weighted by molar-refractivity contribution is -0.138. The van der Waals surface area contributed by atoms with Crippen molar-refractivity contribution in [2.75, 3.05) is 37.7 Å². The first-order chi connectivity index (χ1) is 22.4. The second-order valence-electron chi connectivity index (χ2n) is 14.9. The minimum Gasteiger partial charge on any atom is -0.444 e. The number of carbonyl (C=O) groups is 2. The van der Waals surface area contributed by atoms with E-state index in [2.05, 4.69) is 15.1 Å². The van der Waals surface area contributed by atoms with Crippen LogP contribution >= 0.6 is 0 Å². The SMILES string of the molecule is CC1c2c(cc(CN3CCN(C(=O)OC(C)(C)C)CC3(C)C)cc2C(F)(F)F)C(=O)N1c1cccc(C2(Cc3nncn3C)COC2)c1. The fraction of sp³-hybridized carbons (Fsp3) is 0.543. The van der Waals surface area contributed by atoms with E-state index in [0.29, 0.717) is 50.5 Å². The number of piperazine rings is 1. The summed E-state index contributed by atoms with van der Waals surface area (Å²) in [5.74, 6) is 0.321. The number of aromatic nitrogens is 3. The van der Waals surface area contributed by atoms with Crippen LogP contribution in [0.2, 0.25) is 0 Å². The van der Waals surface area contributed by atoms with Crippen LogP contribution in [0.3, 0.4) is 0 Å². The number of rotatable bonds is 6. The molecule has 2 amide bonds. The lowest BCUT2D eigenvalue weighted by Gasteiger charge is -2.47. The number of fused-ring (bicyclic) bond motifs is 1. The van der Waals surface area contributed by atoms with Gasteiger partial charge in [0.25, 0.3) is 5.91 Å². The third-order valence-corrected chi connectivity index (χ3v) is 9.69. The molecule has 3 aliphatic rings. The zero-order valence-corrected chi connectivity index (χ0v) is 28.5. The van der Waals surface area contributed by atoms with Crippen LogP contribution in [0.5, 0.6) is 0 Å². The van der Waals surface area contributed by atoms with E-state index in [-0.39, 0.29) is 23.1 Å². The summed E-state index contributed by atoms with van der Waals surface area (Å²) in [5, 5.41) is 8.22. The van der Waals surface area contributed by atoms with Gasteiger partial charge in [-0.1, -0.05) is 12.1 Å². The summed E-state index contributed by atoms with van der Waals surface area (Å²) >= 11 is 0. The van der Waals surface area contributed by atoms with E-state index >= 15 is 0 Å². The first kappa shape index (κ1) is 33.9. The van der Waals surface area contributed by atoms with E-state index < -0.39 is 40.9 Å². The molecule has 258 valence electrons. The highest BCUT2D eigenvalue weighted by atomic mass is 19.4. The van der Waals surface area contributed by atoms with E-state index in [1.165, 1.54) is 11.0 Å². The van der Waals surface area contributed by atoms with Gasteiger partial charge >= 0.3 is 12.3 Å². The maximum atomic E-state index is 14.7. The average Bonchev–Trinajstić information content (AvgIpc) is 3.48. The van der Waals surface area contributed by atoms with Crippen molar-refractivity contribution < 1.29 is 32.2 Å². The van der Waals surface area contributed by atoms with E-state index in [9.17, 15) is 22.8 Å². The maximum absolute atomic E-state index is 14.7. The highest BCUT2D eigenvalue weighted by molar-refractivity contribution is 6.11. The summed E-state index contributed by atoms with van der Waals surface area (Å²) in [6.45, 7) is 13.2. The molecule has 1 unspecified atom stereocenters. The highest BCUT2D eigenvalue weighted by Gasteiger charge is 2.46. The summed E-state index contributed by atoms with van der Waals surface area (Å²) in [7, 11) is 1.87. The summed E-state index contributed by atoms with van der Waals surface area (Å²) in [6, 6.07) is 9.40. The van der Waals surface area contributed by atoms with Gasteiger partial charge in [0, 0.05) is 61.9 Å². The fourth-order valence-corrected chi connectivity index (χ4v) is 7.10. The molecule has 0 radical (unpaired) electrons. The first-order valence-electron chi connectivity index (χ1n) is 16.2. The van der Waals surface area contributed by atoms with Gasteiger partial charge in [0.1, 0.15) is 17.8 Å². The Labute approximate surface area is 278 Å². The molecule has 2 saturated heterocycles. The Balaban J connectivity index is 1.28. The van der Waals surface area contributed by atoms with Crippen LogP contribution in [0.1, 0.15) is 86.0 Å². The minimum atomic E-state index is -4.67. The number of alkyl halides is 3. The standard InChI is InChI=1S/C35H43F3N6O4/c1-22-29-26(30(45)44(22)25-10-8-9-24(15-25)34(19-47-20-34)16-28-40-39-21-41(28)7)13-23(14-27(29)35(36,37)38)17-43-12-11-42(18-33(43,5)6)31(46)48-32(2,3)4/h8-10,13-15,21-22H,11-12,16-20H2,1-7H3. The van der Waals surface area contributed by atoms with Crippen molar-refractivity contribution in [1.82, 2.24) is 24.6 Å². The summed E-state index contributed by atoms with van der Waals surface area (Å²) in [6.07, 6.45) is -2.88. The molecule has 0 N–H and O–H groups in total. The normalized spacial score (nSPS) is 20.9. The highest BCUT2D eigenvalue weighted by Crippen LogP contribution is 2.46. The van der Waals surface area contributed by atoms with Crippen LogP contribution in [-0.4, -0.2) is 80.6 Å². The van der Waals surface area contributed by atoms with Crippen molar-refractivity contribution in [3.63, 3.8) is 0 Å². The third kappa shape index (κ3) is 6.29. The van der Waals surface area contributed by atoms with E-state index in [4.69, 9.17) is 9.47 Å². The van der Waals surface area contributed by atoms with Gasteiger partial charge in [-0.05, 0) is 82.5 Å². The summed E-state index contributed by atoms with van der Waals surface area (Å²) < 4.78 is 57.2. The molecule has 1 atom stereocenters. The molecule has 0 spiro atoms. The molecular formula is C35H43F3N6O4. The Hall–Kier alpha value is -3.97. The molecule has 0 saturated carbocycles. The third-order valence-electron chi connectivity index (χ3n) is 9.69. The van der Waals surface area contributed by atoms with Gasteiger partial charge in [0.05, 0.1) is 24.8 Å². The molecule has 6 rings (SSSR count). The van der Waals surface area contributed by atoms with Crippen LogP contribution < -0.4 is 4.90 Å². The van der Waals surface area contributed by atoms with Gasteiger partial charge in [-0.2, -0.15) is 13.2 Å². The van der Waals surface area contributed by atoms with Gasteiger partial charge in [-0.15, -0.1) is 10.2 Å². The number of ether oxygens (including phenoxy) is 2. The maximum Gasteiger partial charge on any atom is 0.416 e. The van der Waals surface area contributed by atoms with E-state index in [1.54, 1.807) is 51.1 Å². The number of halogens is 3. The van der Waals surface area contributed by atoms with Gasteiger partial charge in [-0.3, -0.25) is 9.69 Å². The number of hydrogen-bond acceptors (Lipinski definition) is 7. The number of nitrogens with zero attached hydrogens (tertiary/aromatic N) is 6. The van der Waals surface area contributed by atoms with Crippen molar-refractivity contribution in [3.8, 4) is 0 Å². The number of hydrogen-bond donors (Lipinski definition) is 0. The molecule has 2 fully saturated rings. The molecule has 0 bridgehead atoms. The van der Waals surface area contributed by atoms with Crippen LogP contribution in [0.25, 0.3) is 0 Å². The number of benzene rings is 2. The predicted molar refractivity (Wildman–Crippen MR) is 173 cm³/mol. The van der Waals surface area contributed by atoms with Crippen molar-refractivity contribution in [3.05, 3.63) is 76.4 Å². The molecule has 48 heavy (non-hydrogen) atoms. The Bertz CT molecular complexity index is 1730. The molecule has 2 aromatic carbocycles. The predicted octanol–water partition coefficient (Wildman–Crippen LogP) is 5.90. The van der Waals surface area contributed by atoms with Crippen molar-refractivity contribution >= 4 is 17.7 Å². The van der Waals surface area contributed by atoms with E-state index in [0.717, 1.165) is 11.4 Å². The lowest BCUT2D eigenvalue weighted by atomic mass is 9.75. The first-order valence-corrected chi connectivity index (χ1v) is 16.2. The van der Waals surface area contributed by atoms with Crippen LogP contribution in [0, 0.1) is 0 Å². The molecule has 10 nitrogen and oxygen atoms in total. The molecular weight excluding hydrogens is 625 g/mol. The van der Waals surface area contributed by atoms with Crippen molar-refractivity contribution in [2.24, 2.45) is 7.05 Å². The average molecular weight is 669 g/mol. The Kier molecular flexibility index (Phi) is 8.39. The molecule has 1 aromatic heterocycles. The summed E-state index contributed by atoms with van der Waals surface area (Å²) in [5.41, 5.74) is -0.492. The quantitative estimate of drug-likeness (QED) is 0.323. The number of carbonyl (C=O) groups excluding carboxylic acids is 2. The largest absolute Gasteiger partial charge is 0.444 e. The number of anilines is 1. The minimum absolute atomic E-state index is 0.0172. The second kappa shape index (κ2) is 11.9. The second-order valence-corrected chi connectivity index (χ2v) is 14.9. The topological polar surface area (TPSA) is 93.0 Å². The zero-order chi connectivity index (χ0) is 34.8. The van der Waals surface area contributed by atoms with Crippen molar-refractivity contribution in [2.45, 2.75) is 83.3 Å². The Morgan fingerprint density at radius 2 is 1.83 bits per heavy atom. The Morgan fingerprint density at radius 1 is 1.10 bits per heavy atom. The molecule has 0 aliphatic carbocycles. The molecule has 13 heteroatoms. The van der Waals surface area contributed by atoms with Gasteiger partial charge in [0.2, 0.25) is 0 Å². The monoisotopic (exact) mass is 668 g/mol. The smallest absolute Gasteiger partial charge is 0.416 e. The lowest BCUT2D eigenvalue weighted by Crippen LogP contribution is -2.60. The van der Waals surface area contributed by atoms with Crippen LogP contribution in [0.4, 0.5) is 23.7 Å². The van der Waals surface area contributed by atoms with Crippen molar-refractivity contribution in [1.29, 1.82) is 0 Å². The number of aryl methyl sites for hydroxylation is 1. The van der Waals surface area contributed by atoms with Gasteiger partial charge in [-0.25, -0.2) is 4.79 Å². The van der Waals surface area contributed by atoms with Crippen LogP contribution in [-0.2, 0) is 41.1 Å². The van der Waals surface area contributed by atoms with Crippen LogP contribution in [0.15, 0.2) is 42.7 Å². The molecule has 4 heterocycles.